The van der Waals surface area contributed by atoms with Crippen molar-refractivity contribution in [2.45, 2.75) is 31.0 Å². The summed E-state index contributed by atoms with van der Waals surface area (Å²) in [5.74, 6) is 0.617. The van der Waals surface area contributed by atoms with Gasteiger partial charge in [0, 0.05) is 54.6 Å². The van der Waals surface area contributed by atoms with Crippen LogP contribution in [0.1, 0.15) is 24.8 Å². The van der Waals surface area contributed by atoms with Gasteiger partial charge in [-0.2, -0.15) is 0 Å². The van der Waals surface area contributed by atoms with E-state index < -0.39 is 11.6 Å². The van der Waals surface area contributed by atoms with E-state index in [1.165, 1.54) is 0 Å². The predicted octanol–water partition coefficient (Wildman–Crippen LogP) is 2.76. The fourth-order valence-electron chi connectivity index (χ4n) is 4.02. The first kappa shape index (κ1) is 20.4. The average Bonchev–Trinajstić information content (AvgIpc) is 3.14. The largest absolute Gasteiger partial charge is 0.354 e. The van der Waals surface area contributed by atoms with Gasteiger partial charge in [-0.1, -0.05) is 17.7 Å². The third-order valence-corrected chi connectivity index (χ3v) is 6.25. The molecular formula is C22H24ClFN6O. The SMILES string of the molecule is NC1CCN(c2nc(-c3ccc(Cl)cc3NC(=O)C3(F)CC3)ncc2C2=CCNC2)C1. The molecule has 7 nitrogen and oxygen atoms in total. The third kappa shape index (κ3) is 4.03. The topological polar surface area (TPSA) is 96.2 Å². The Morgan fingerprint density at radius 2 is 2.19 bits per heavy atom. The molecule has 3 heterocycles. The van der Waals surface area contributed by atoms with Gasteiger partial charge in [-0.05, 0) is 43.0 Å². The molecule has 1 saturated carbocycles. The quantitative estimate of drug-likeness (QED) is 0.659. The fourth-order valence-corrected chi connectivity index (χ4v) is 4.19. The van der Waals surface area contributed by atoms with E-state index in [9.17, 15) is 9.18 Å². The van der Waals surface area contributed by atoms with E-state index in [0.717, 1.165) is 49.6 Å². The number of rotatable bonds is 5. The molecule has 1 aliphatic carbocycles. The van der Waals surface area contributed by atoms with Gasteiger partial charge in [0.1, 0.15) is 5.82 Å². The smallest absolute Gasteiger partial charge is 0.262 e. The molecule has 1 atom stereocenters. The van der Waals surface area contributed by atoms with Gasteiger partial charge in [0.2, 0.25) is 0 Å². The summed E-state index contributed by atoms with van der Waals surface area (Å²) in [7, 11) is 0. The molecule has 1 amide bonds. The number of nitrogens with zero attached hydrogens (tertiary/aromatic N) is 3. The Kier molecular flexibility index (Phi) is 5.16. The van der Waals surface area contributed by atoms with Crippen LogP contribution in [0.3, 0.4) is 0 Å². The lowest BCUT2D eigenvalue weighted by molar-refractivity contribution is -0.122. The number of anilines is 2. The predicted molar refractivity (Wildman–Crippen MR) is 120 cm³/mol. The number of carbonyl (C=O) groups excluding carboxylic acids is 1. The van der Waals surface area contributed by atoms with Crippen LogP contribution < -0.4 is 21.3 Å². The van der Waals surface area contributed by atoms with Crippen molar-refractivity contribution in [3.05, 3.63) is 41.1 Å². The highest BCUT2D eigenvalue weighted by Crippen LogP contribution is 2.41. The Bertz CT molecular complexity index is 1070. The summed E-state index contributed by atoms with van der Waals surface area (Å²) in [6.45, 7) is 3.11. The highest BCUT2D eigenvalue weighted by molar-refractivity contribution is 6.31. The summed E-state index contributed by atoms with van der Waals surface area (Å²) < 4.78 is 14.2. The molecule has 5 rings (SSSR count). The van der Waals surface area contributed by atoms with Crippen LogP contribution in [0.15, 0.2) is 30.5 Å². The highest BCUT2D eigenvalue weighted by atomic mass is 35.5. The summed E-state index contributed by atoms with van der Waals surface area (Å²) in [6, 6.07) is 5.17. The molecule has 31 heavy (non-hydrogen) atoms. The molecule has 1 saturated heterocycles. The number of nitrogens with two attached hydrogens (primary N) is 1. The Labute approximate surface area is 184 Å². The first-order valence-electron chi connectivity index (χ1n) is 10.5. The molecule has 2 aliphatic heterocycles. The molecule has 162 valence electrons. The van der Waals surface area contributed by atoms with Crippen LogP contribution in [0.5, 0.6) is 0 Å². The maximum absolute atomic E-state index is 14.2. The van der Waals surface area contributed by atoms with Crippen LogP contribution in [-0.4, -0.2) is 53.8 Å². The van der Waals surface area contributed by atoms with E-state index in [1.807, 2.05) is 6.20 Å². The van der Waals surface area contributed by atoms with Crippen molar-refractivity contribution < 1.29 is 9.18 Å². The summed E-state index contributed by atoms with van der Waals surface area (Å²) in [6.07, 6.45) is 5.34. The van der Waals surface area contributed by atoms with Crippen LogP contribution in [-0.2, 0) is 4.79 Å². The number of benzene rings is 1. The lowest BCUT2D eigenvalue weighted by atomic mass is 10.1. The molecule has 1 aromatic carbocycles. The van der Waals surface area contributed by atoms with Gasteiger partial charge in [0.25, 0.3) is 5.91 Å². The maximum Gasteiger partial charge on any atom is 0.262 e. The molecule has 1 aromatic heterocycles. The molecule has 3 aliphatic rings. The second kappa shape index (κ2) is 7.85. The van der Waals surface area contributed by atoms with Gasteiger partial charge >= 0.3 is 0 Å². The van der Waals surface area contributed by atoms with Crippen LogP contribution in [0.25, 0.3) is 17.0 Å². The first-order valence-corrected chi connectivity index (χ1v) is 10.9. The minimum Gasteiger partial charge on any atom is -0.354 e. The second-order valence-electron chi connectivity index (χ2n) is 8.40. The van der Waals surface area contributed by atoms with E-state index in [1.54, 1.807) is 18.2 Å². The monoisotopic (exact) mass is 442 g/mol. The van der Waals surface area contributed by atoms with Crippen molar-refractivity contribution in [2.75, 3.05) is 36.4 Å². The minimum atomic E-state index is -1.79. The van der Waals surface area contributed by atoms with Gasteiger partial charge in [-0.25, -0.2) is 14.4 Å². The van der Waals surface area contributed by atoms with E-state index in [-0.39, 0.29) is 18.9 Å². The van der Waals surface area contributed by atoms with Gasteiger partial charge in [-0.3, -0.25) is 4.79 Å². The zero-order valence-electron chi connectivity index (χ0n) is 17.0. The van der Waals surface area contributed by atoms with Crippen LogP contribution >= 0.6 is 11.6 Å². The Hall–Kier alpha value is -2.55. The molecule has 0 bridgehead atoms. The highest BCUT2D eigenvalue weighted by Gasteiger charge is 2.51. The average molecular weight is 443 g/mol. The van der Waals surface area contributed by atoms with Gasteiger partial charge in [-0.15, -0.1) is 0 Å². The summed E-state index contributed by atoms with van der Waals surface area (Å²) in [4.78, 5) is 24.0. The Morgan fingerprint density at radius 1 is 1.35 bits per heavy atom. The Morgan fingerprint density at radius 3 is 2.87 bits per heavy atom. The van der Waals surface area contributed by atoms with Gasteiger partial charge in [0.15, 0.2) is 11.5 Å². The second-order valence-corrected chi connectivity index (χ2v) is 8.83. The number of alkyl halides is 1. The lowest BCUT2D eigenvalue weighted by Crippen LogP contribution is -2.28. The number of aromatic nitrogens is 2. The lowest BCUT2D eigenvalue weighted by Gasteiger charge is -2.22. The Balaban J connectivity index is 1.55. The van der Waals surface area contributed by atoms with Crippen molar-refractivity contribution in [3.8, 4) is 11.4 Å². The summed E-state index contributed by atoms with van der Waals surface area (Å²) in [5, 5.41) is 6.43. The molecule has 2 fully saturated rings. The standard InChI is InChI=1S/C22H24ClFN6O/c23-14-1-2-16(18(9-14)28-21(31)22(24)5-6-22)19-27-11-17(13-3-7-26-10-13)20(29-19)30-8-4-15(25)12-30/h1-3,9,11,15,26H,4-8,10,12,25H2,(H,28,31). The zero-order valence-corrected chi connectivity index (χ0v) is 17.8. The number of nitrogens with one attached hydrogen (secondary N) is 2. The molecule has 0 spiro atoms. The van der Waals surface area contributed by atoms with Crippen molar-refractivity contribution >= 4 is 34.6 Å². The number of halogens is 2. The number of hydrogen-bond acceptors (Lipinski definition) is 6. The van der Waals surface area contributed by atoms with E-state index >= 15 is 0 Å². The van der Waals surface area contributed by atoms with Gasteiger partial charge in [0.05, 0.1) is 5.69 Å². The minimum absolute atomic E-state index is 0.103. The third-order valence-electron chi connectivity index (χ3n) is 6.01. The molecule has 2 aromatic rings. The fraction of sp³-hybridized carbons (Fsp3) is 0.409. The molecule has 0 radical (unpaired) electrons. The van der Waals surface area contributed by atoms with E-state index in [0.29, 0.717) is 22.1 Å². The number of carbonyl (C=O) groups is 1. The van der Waals surface area contributed by atoms with Crippen LogP contribution in [0.4, 0.5) is 15.9 Å². The molecule has 4 N–H and O–H groups in total. The molecule has 9 heteroatoms. The summed E-state index contributed by atoms with van der Waals surface area (Å²) >= 11 is 6.16. The molecular weight excluding hydrogens is 419 g/mol. The van der Waals surface area contributed by atoms with E-state index in [2.05, 4.69) is 26.6 Å². The van der Waals surface area contributed by atoms with Crippen molar-refractivity contribution in [1.82, 2.24) is 15.3 Å². The van der Waals surface area contributed by atoms with Crippen molar-refractivity contribution in [2.24, 2.45) is 5.73 Å². The normalized spacial score (nSPS) is 21.8. The van der Waals surface area contributed by atoms with Crippen LogP contribution in [0, 0.1) is 0 Å². The van der Waals surface area contributed by atoms with E-state index in [4.69, 9.17) is 22.3 Å². The van der Waals surface area contributed by atoms with Gasteiger partial charge < -0.3 is 21.3 Å². The maximum atomic E-state index is 14.2. The zero-order chi connectivity index (χ0) is 21.6. The van der Waals surface area contributed by atoms with Crippen molar-refractivity contribution in [1.29, 1.82) is 0 Å². The number of amides is 1. The first-order chi connectivity index (χ1) is 14.9. The summed E-state index contributed by atoms with van der Waals surface area (Å²) in [5.41, 5.74) is 7.48. The van der Waals surface area contributed by atoms with Crippen LogP contribution in [0.2, 0.25) is 5.02 Å². The van der Waals surface area contributed by atoms with Crippen molar-refractivity contribution in [3.63, 3.8) is 0 Å². The molecule has 1 unspecified atom stereocenters. The number of hydrogen-bond donors (Lipinski definition) is 3.